The Morgan fingerprint density at radius 3 is 2.45 bits per heavy atom. The third-order valence-electron chi connectivity index (χ3n) is 3.26. The van der Waals surface area contributed by atoms with E-state index in [0.29, 0.717) is 5.56 Å². The van der Waals surface area contributed by atoms with E-state index in [9.17, 15) is 13.2 Å². The van der Waals surface area contributed by atoms with Gasteiger partial charge in [-0.25, -0.2) is 8.42 Å². The van der Waals surface area contributed by atoms with Crippen molar-refractivity contribution in [3.05, 3.63) is 23.3 Å². The largest absolute Gasteiger partial charge is 0.398 e. The second-order valence-electron chi connectivity index (χ2n) is 4.53. The summed E-state index contributed by atoms with van der Waals surface area (Å²) in [5, 5.41) is 2.42. The molecule has 3 N–H and O–H groups in total. The van der Waals surface area contributed by atoms with Crippen LogP contribution in [-0.2, 0) is 14.8 Å². The lowest BCUT2D eigenvalue weighted by Gasteiger charge is -2.22. The fourth-order valence-electron chi connectivity index (χ4n) is 1.89. The molecule has 1 aromatic carbocycles. The maximum Gasteiger partial charge on any atom is 0.245 e. The predicted octanol–water partition coefficient (Wildman–Crippen LogP) is 0.642. The molecule has 112 valence electrons. The summed E-state index contributed by atoms with van der Waals surface area (Å²) < 4.78 is 26.5. The van der Waals surface area contributed by atoms with E-state index in [-0.39, 0.29) is 29.6 Å². The van der Waals surface area contributed by atoms with E-state index in [1.54, 1.807) is 26.0 Å². The van der Waals surface area contributed by atoms with Gasteiger partial charge in [0.2, 0.25) is 15.9 Å². The summed E-state index contributed by atoms with van der Waals surface area (Å²) in [6.07, 6.45) is 0. The van der Waals surface area contributed by atoms with Crippen LogP contribution in [0.3, 0.4) is 0 Å². The van der Waals surface area contributed by atoms with Crippen molar-refractivity contribution in [1.29, 1.82) is 0 Å². The number of likely N-dealkylation sites (N-methyl/N-ethyl adjacent to an activating group) is 2. The fourth-order valence-corrected chi connectivity index (χ4v) is 3.69. The molecule has 0 aliphatic rings. The Labute approximate surface area is 120 Å². The molecule has 1 aromatic rings. The number of nitrogen functional groups attached to an aromatic ring is 1. The smallest absolute Gasteiger partial charge is 0.245 e. The van der Waals surface area contributed by atoms with Crippen molar-refractivity contribution in [2.75, 3.05) is 25.9 Å². The highest BCUT2D eigenvalue weighted by molar-refractivity contribution is 7.89. The van der Waals surface area contributed by atoms with E-state index < -0.39 is 10.0 Å². The summed E-state index contributed by atoms with van der Waals surface area (Å²) in [6, 6.07) is 3.35. The standard InChI is InChI=1S/C13H21N3O3S/c1-5-16(8-12(17)15-4)20(18,19)13-10(3)9(2)6-7-11(13)14/h6-7H,5,8,14H2,1-4H3,(H,15,17). The van der Waals surface area contributed by atoms with E-state index in [1.165, 1.54) is 7.05 Å². The van der Waals surface area contributed by atoms with Crippen LogP contribution in [0, 0.1) is 13.8 Å². The molecule has 1 rings (SSSR count). The molecule has 0 radical (unpaired) electrons. The number of anilines is 1. The van der Waals surface area contributed by atoms with Crippen LogP contribution in [0.5, 0.6) is 0 Å². The maximum atomic E-state index is 12.7. The maximum absolute atomic E-state index is 12.7. The second-order valence-corrected chi connectivity index (χ2v) is 6.40. The van der Waals surface area contributed by atoms with Gasteiger partial charge in [0.15, 0.2) is 0 Å². The second kappa shape index (κ2) is 6.23. The summed E-state index contributed by atoms with van der Waals surface area (Å²) in [7, 11) is -2.33. The number of benzene rings is 1. The first-order valence-corrected chi connectivity index (χ1v) is 7.76. The van der Waals surface area contributed by atoms with E-state index in [4.69, 9.17) is 5.73 Å². The zero-order valence-corrected chi connectivity index (χ0v) is 13.0. The molecule has 1 amide bonds. The first-order valence-electron chi connectivity index (χ1n) is 6.32. The van der Waals surface area contributed by atoms with Crippen molar-refractivity contribution in [1.82, 2.24) is 9.62 Å². The SMILES string of the molecule is CCN(CC(=O)NC)S(=O)(=O)c1c(N)ccc(C)c1C. The first-order chi connectivity index (χ1) is 9.25. The van der Waals surface area contributed by atoms with Gasteiger partial charge in [0, 0.05) is 13.6 Å². The predicted molar refractivity (Wildman–Crippen MR) is 78.8 cm³/mol. The number of hydrogen-bond donors (Lipinski definition) is 2. The van der Waals surface area contributed by atoms with Crippen molar-refractivity contribution < 1.29 is 13.2 Å². The molecule has 0 fully saturated rings. The molecule has 6 nitrogen and oxygen atoms in total. The molecule has 0 atom stereocenters. The monoisotopic (exact) mass is 299 g/mol. The molecule has 20 heavy (non-hydrogen) atoms. The number of nitrogens with one attached hydrogen (secondary N) is 1. The Morgan fingerprint density at radius 2 is 1.95 bits per heavy atom. The molecule has 0 saturated heterocycles. The summed E-state index contributed by atoms with van der Waals surface area (Å²) in [4.78, 5) is 11.5. The Balaban J connectivity index is 3.35. The van der Waals surface area contributed by atoms with E-state index in [2.05, 4.69) is 5.32 Å². The molecule has 0 aliphatic carbocycles. The van der Waals surface area contributed by atoms with Crippen LogP contribution in [0.15, 0.2) is 17.0 Å². The van der Waals surface area contributed by atoms with Crippen molar-refractivity contribution in [3.8, 4) is 0 Å². The van der Waals surface area contributed by atoms with Crippen molar-refractivity contribution in [2.45, 2.75) is 25.7 Å². The number of nitrogens with two attached hydrogens (primary N) is 1. The number of rotatable bonds is 5. The van der Waals surface area contributed by atoms with Crippen molar-refractivity contribution in [2.24, 2.45) is 0 Å². The van der Waals surface area contributed by atoms with Crippen LogP contribution in [-0.4, -0.2) is 38.8 Å². The minimum Gasteiger partial charge on any atom is -0.398 e. The summed E-state index contributed by atoms with van der Waals surface area (Å²) in [5.74, 6) is -0.362. The van der Waals surface area contributed by atoms with Gasteiger partial charge in [-0.15, -0.1) is 0 Å². The van der Waals surface area contributed by atoms with Gasteiger partial charge in [0.05, 0.1) is 12.2 Å². The Kier molecular flexibility index (Phi) is 5.13. The average molecular weight is 299 g/mol. The number of carbonyl (C=O) groups is 1. The number of amides is 1. The normalized spacial score (nSPS) is 11.7. The highest BCUT2D eigenvalue weighted by atomic mass is 32.2. The molecule has 0 aromatic heterocycles. The highest BCUT2D eigenvalue weighted by Crippen LogP contribution is 2.28. The van der Waals surface area contributed by atoms with Crippen LogP contribution in [0.4, 0.5) is 5.69 Å². The molecule has 0 saturated carbocycles. The van der Waals surface area contributed by atoms with Gasteiger partial charge in [-0.1, -0.05) is 13.0 Å². The molecular formula is C13H21N3O3S. The average Bonchev–Trinajstić information content (AvgIpc) is 2.39. The van der Waals surface area contributed by atoms with Crippen LogP contribution >= 0.6 is 0 Å². The topological polar surface area (TPSA) is 92.5 Å². The van der Waals surface area contributed by atoms with Crippen LogP contribution in [0.1, 0.15) is 18.1 Å². The number of sulfonamides is 1. The molecule has 7 heteroatoms. The molecular weight excluding hydrogens is 278 g/mol. The summed E-state index contributed by atoms with van der Waals surface area (Å²) in [6.45, 7) is 5.20. The van der Waals surface area contributed by atoms with Gasteiger partial charge < -0.3 is 11.1 Å². The van der Waals surface area contributed by atoms with E-state index in [0.717, 1.165) is 9.87 Å². The zero-order chi connectivity index (χ0) is 15.5. The van der Waals surface area contributed by atoms with Crippen LogP contribution in [0.25, 0.3) is 0 Å². The molecule has 0 spiro atoms. The van der Waals surface area contributed by atoms with Gasteiger partial charge in [0.25, 0.3) is 0 Å². The first kappa shape index (κ1) is 16.5. The lowest BCUT2D eigenvalue weighted by molar-refractivity contribution is -0.120. The van der Waals surface area contributed by atoms with Gasteiger partial charge >= 0.3 is 0 Å². The third kappa shape index (κ3) is 3.10. The van der Waals surface area contributed by atoms with Gasteiger partial charge in [-0.2, -0.15) is 4.31 Å². The number of hydrogen-bond acceptors (Lipinski definition) is 4. The van der Waals surface area contributed by atoms with Crippen LogP contribution < -0.4 is 11.1 Å². The quantitative estimate of drug-likeness (QED) is 0.780. The minimum atomic E-state index is -3.79. The van der Waals surface area contributed by atoms with Gasteiger partial charge in [-0.05, 0) is 31.0 Å². The van der Waals surface area contributed by atoms with Crippen molar-refractivity contribution >= 4 is 21.6 Å². The molecule has 0 unspecified atom stereocenters. The fraction of sp³-hybridized carbons (Fsp3) is 0.462. The molecule has 0 aliphatic heterocycles. The van der Waals surface area contributed by atoms with E-state index in [1.807, 2.05) is 6.92 Å². The lowest BCUT2D eigenvalue weighted by atomic mass is 10.1. The third-order valence-corrected chi connectivity index (χ3v) is 5.38. The summed E-state index contributed by atoms with van der Waals surface area (Å²) >= 11 is 0. The minimum absolute atomic E-state index is 0.0863. The van der Waals surface area contributed by atoms with Crippen LogP contribution in [0.2, 0.25) is 0 Å². The highest BCUT2D eigenvalue weighted by Gasteiger charge is 2.29. The number of nitrogens with zero attached hydrogens (tertiary/aromatic N) is 1. The number of carbonyl (C=O) groups excluding carboxylic acids is 1. The number of aryl methyl sites for hydroxylation is 1. The van der Waals surface area contributed by atoms with E-state index >= 15 is 0 Å². The molecule has 0 heterocycles. The Morgan fingerprint density at radius 1 is 1.35 bits per heavy atom. The Hall–Kier alpha value is -1.60. The van der Waals surface area contributed by atoms with Gasteiger partial charge in [0.1, 0.15) is 4.90 Å². The lowest BCUT2D eigenvalue weighted by Crippen LogP contribution is -2.40. The summed E-state index contributed by atoms with van der Waals surface area (Å²) in [5.41, 5.74) is 7.48. The molecule has 0 bridgehead atoms. The Bertz CT molecular complexity index is 612. The zero-order valence-electron chi connectivity index (χ0n) is 12.2. The van der Waals surface area contributed by atoms with Gasteiger partial charge in [-0.3, -0.25) is 4.79 Å². The van der Waals surface area contributed by atoms with Crippen molar-refractivity contribution in [3.63, 3.8) is 0 Å².